The lowest BCUT2D eigenvalue weighted by Crippen LogP contribution is -2.58. The van der Waals surface area contributed by atoms with Crippen LogP contribution < -0.4 is 0 Å². The third kappa shape index (κ3) is 4.28. The van der Waals surface area contributed by atoms with E-state index in [1.165, 1.54) is 25.7 Å². The highest BCUT2D eigenvalue weighted by molar-refractivity contribution is 5.69. The van der Waals surface area contributed by atoms with Crippen molar-refractivity contribution in [1.29, 1.82) is 0 Å². The van der Waals surface area contributed by atoms with Gasteiger partial charge >= 0.3 is 5.97 Å². The van der Waals surface area contributed by atoms with Crippen molar-refractivity contribution in [1.82, 2.24) is 0 Å². The molecule has 0 radical (unpaired) electrons. The van der Waals surface area contributed by atoms with Crippen molar-refractivity contribution in [2.24, 2.45) is 46.3 Å². The molecule has 4 rings (SSSR count). The first-order chi connectivity index (χ1) is 14.8. The minimum Gasteiger partial charge on any atom is -0.460 e. The van der Waals surface area contributed by atoms with Gasteiger partial charge in [-0.3, -0.25) is 4.79 Å². The number of carbonyl (C=O) groups is 1. The zero-order valence-electron chi connectivity index (χ0n) is 21.4. The number of aliphatic hydroxyl groups excluding tert-OH is 2. The van der Waals surface area contributed by atoms with Gasteiger partial charge in [0.05, 0.1) is 12.2 Å². The molecule has 184 valence electrons. The molecule has 0 amide bonds. The van der Waals surface area contributed by atoms with Gasteiger partial charge in [0.1, 0.15) is 5.60 Å². The number of carbonyl (C=O) groups excluding carboxylic acids is 1. The summed E-state index contributed by atoms with van der Waals surface area (Å²) in [5, 5.41) is 21.6. The molecule has 0 aromatic rings. The number of esters is 1. The van der Waals surface area contributed by atoms with Gasteiger partial charge in [0, 0.05) is 6.42 Å². The molecule has 0 spiro atoms. The van der Waals surface area contributed by atoms with Crippen LogP contribution in [0.1, 0.15) is 106 Å². The standard InChI is InChI=1S/C28H48O4/c1-17(7-10-24(31)32-26(2,3)4)20-8-9-21-25-22(12-14-28(20,21)6)27(5)13-11-19(29)15-18(27)16-23(25)30/h17-23,25,29-30H,7-16H2,1-6H3/t17-,18+,19-,20-,21+,22+,23-,25+,27+,28-/m1/s1. The molecule has 4 aliphatic rings. The predicted octanol–water partition coefficient (Wildman–Crippen LogP) is 5.74. The van der Waals surface area contributed by atoms with Crippen LogP contribution in [0.4, 0.5) is 0 Å². The third-order valence-corrected chi connectivity index (χ3v) is 10.6. The van der Waals surface area contributed by atoms with E-state index < -0.39 is 5.60 Å². The van der Waals surface area contributed by atoms with E-state index in [-0.39, 0.29) is 29.0 Å². The molecular weight excluding hydrogens is 400 g/mol. The summed E-state index contributed by atoms with van der Waals surface area (Å²) >= 11 is 0. The fourth-order valence-electron chi connectivity index (χ4n) is 9.11. The Morgan fingerprint density at radius 2 is 1.66 bits per heavy atom. The lowest BCUT2D eigenvalue weighted by Gasteiger charge is -2.62. The molecule has 0 heterocycles. The zero-order valence-corrected chi connectivity index (χ0v) is 21.4. The van der Waals surface area contributed by atoms with Crippen molar-refractivity contribution >= 4 is 5.97 Å². The molecule has 2 N–H and O–H groups in total. The Balaban J connectivity index is 1.46. The number of ether oxygens (including phenoxy) is 1. The maximum Gasteiger partial charge on any atom is 0.306 e. The first-order valence-electron chi connectivity index (χ1n) is 13.4. The van der Waals surface area contributed by atoms with E-state index in [0.717, 1.165) is 32.1 Å². The van der Waals surface area contributed by atoms with Gasteiger partial charge in [-0.05, 0) is 125 Å². The number of rotatable bonds is 4. The Labute approximate surface area is 195 Å². The molecule has 0 saturated heterocycles. The van der Waals surface area contributed by atoms with Crippen molar-refractivity contribution < 1.29 is 19.7 Å². The average Bonchev–Trinajstić information content (AvgIpc) is 3.03. The molecule has 4 heteroatoms. The van der Waals surface area contributed by atoms with Crippen molar-refractivity contribution in [2.45, 2.75) is 124 Å². The van der Waals surface area contributed by atoms with Crippen LogP contribution in [0, 0.1) is 46.3 Å². The Kier molecular flexibility index (Phi) is 6.55. The maximum absolute atomic E-state index is 12.3. The lowest BCUT2D eigenvalue weighted by molar-refractivity contribution is -0.174. The predicted molar refractivity (Wildman–Crippen MR) is 127 cm³/mol. The fourth-order valence-corrected chi connectivity index (χ4v) is 9.11. The molecule has 0 bridgehead atoms. The Morgan fingerprint density at radius 3 is 2.34 bits per heavy atom. The van der Waals surface area contributed by atoms with Gasteiger partial charge in [0.25, 0.3) is 0 Å². The van der Waals surface area contributed by atoms with Gasteiger partial charge in [-0.25, -0.2) is 0 Å². The third-order valence-electron chi connectivity index (χ3n) is 10.6. The lowest BCUT2D eigenvalue weighted by atomic mass is 9.43. The Hall–Kier alpha value is -0.610. The van der Waals surface area contributed by atoms with Crippen LogP contribution >= 0.6 is 0 Å². The summed E-state index contributed by atoms with van der Waals surface area (Å²) < 4.78 is 5.55. The van der Waals surface area contributed by atoms with Crippen LogP contribution in [0.15, 0.2) is 0 Å². The molecule has 4 saturated carbocycles. The Morgan fingerprint density at radius 1 is 1.00 bits per heavy atom. The van der Waals surface area contributed by atoms with Gasteiger partial charge in [0.2, 0.25) is 0 Å². The van der Waals surface area contributed by atoms with Gasteiger partial charge in [0.15, 0.2) is 0 Å². The molecule has 0 aromatic carbocycles. The fraction of sp³-hybridized carbons (Fsp3) is 0.964. The van der Waals surface area contributed by atoms with E-state index in [1.54, 1.807) is 0 Å². The second-order valence-electron chi connectivity index (χ2n) is 13.6. The maximum atomic E-state index is 12.3. The second kappa shape index (κ2) is 8.56. The van der Waals surface area contributed by atoms with Gasteiger partial charge in [-0.2, -0.15) is 0 Å². The summed E-state index contributed by atoms with van der Waals surface area (Å²) in [6.07, 6.45) is 9.72. The van der Waals surface area contributed by atoms with Crippen LogP contribution in [-0.4, -0.2) is 34.0 Å². The van der Waals surface area contributed by atoms with Crippen LogP contribution in [-0.2, 0) is 9.53 Å². The molecule has 0 unspecified atom stereocenters. The molecule has 4 nitrogen and oxygen atoms in total. The molecule has 0 aromatic heterocycles. The van der Waals surface area contributed by atoms with Crippen LogP contribution in [0.25, 0.3) is 0 Å². The topological polar surface area (TPSA) is 66.8 Å². The quantitative estimate of drug-likeness (QED) is 0.539. The molecule has 0 aliphatic heterocycles. The second-order valence-corrected chi connectivity index (χ2v) is 13.6. The number of hydrogen-bond donors (Lipinski definition) is 2. The minimum atomic E-state index is -0.413. The van der Waals surface area contributed by atoms with Crippen LogP contribution in [0.3, 0.4) is 0 Å². The zero-order chi connectivity index (χ0) is 23.5. The largest absolute Gasteiger partial charge is 0.460 e. The van der Waals surface area contributed by atoms with Crippen molar-refractivity contribution in [3.63, 3.8) is 0 Å². The van der Waals surface area contributed by atoms with E-state index in [4.69, 9.17) is 4.74 Å². The van der Waals surface area contributed by atoms with E-state index in [0.29, 0.717) is 41.9 Å². The molecule has 32 heavy (non-hydrogen) atoms. The van der Waals surface area contributed by atoms with E-state index in [2.05, 4.69) is 20.8 Å². The number of aliphatic hydroxyl groups is 2. The first-order valence-corrected chi connectivity index (χ1v) is 13.4. The normalized spacial score (nSPS) is 47.2. The van der Waals surface area contributed by atoms with Crippen LogP contribution in [0.5, 0.6) is 0 Å². The van der Waals surface area contributed by atoms with Crippen LogP contribution in [0.2, 0.25) is 0 Å². The number of fused-ring (bicyclic) bond motifs is 5. The summed E-state index contributed by atoms with van der Waals surface area (Å²) in [5.74, 6) is 3.12. The van der Waals surface area contributed by atoms with E-state index in [1.807, 2.05) is 20.8 Å². The highest BCUT2D eigenvalue weighted by atomic mass is 16.6. The summed E-state index contributed by atoms with van der Waals surface area (Å²) in [7, 11) is 0. The minimum absolute atomic E-state index is 0.0751. The highest BCUT2D eigenvalue weighted by Gasteiger charge is 2.62. The first kappa shape index (κ1) is 24.5. The molecule has 4 aliphatic carbocycles. The summed E-state index contributed by atoms with van der Waals surface area (Å²) in [6, 6.07) is 0. The van der Waals surface area contributed by atoms with E-state index in [9.17, 15) is 15.0 Å². The van der Waals surface area contributed by atoms with Crippen molar-refractivity contribution in [2.75, 3.05) is 0 Å². The summed E-state index contributed by atoms with van der Waals surface area (Å²) in [4.78, 5) is 12.3. The number of hydrogen-bond acceptors (Lipinski definition) is 4. The Bertz CT molecular complexity index is 698. The van der Waals surface area contributed by atoms with Gasteiger partial charge in [-0.15, -0.1) is 0 Å². The SMILES string of the molecule is C[C@H](CCC(=O)OC(C)(C)C)[C@H]1CC[C@H]2[C@@H]3[C@H](O)C[C@@H]4C[C@H](O)CC[C@]4(C)[C@H]3CC[C@]12C. The summed E-state index contributed by atoms with van der Waals surface area (Å²) in [6.45, 7) is 13.1. The van der Waals surface area contributed by atoms with E-state index >= 15 is 0 Å². The highest BCUT2D eigenvalue weighted by Crippen LogP contribution is 2.68. The molecule has 4 fully saturated rings. The van der Waals surface area contributed by atoms with Crippen molar-refractivity contribution in [3.05, 3.63) is 0 Å². The molecule has 10 atom stereocenters. The smallest absolute Gasteiger partial charge is 0.306 e. The average molecular weight is 449 g/mol. The molecular formula is C28H48O4. The van der Waals surface area contributed by atoms with Crippen molar-refractivity contribution in [3.8, 4) is 0 Å². The van der Waals surface area contributed by atoms with Gasteiger partial charge in [-0.1, -0.05) is 20.8 Å². The van der Waals surface area contributed by atoms with Gasteiger partial charge < -0.3 is 14.9 Å². The monoisotopic (exact) mass is 448 g/mol. The summed E-state index contributed by atoms with van der Waals surface area (Å²) in [5.41, 5.74) is 0.140.